The second kappa shape index (κ2) is 16.6. The predicted molar refractivity (Wildman–Crippen MR) is 202 cm³/mol. The molecule has 10 nitrogen and oxygen atoms in total. The number of allylic oxidation sites excluding steroid dienone is 8. The molecule has 4 rings (SSSR count). The maximum absolute atomic E-state index is 10.0. The van der Waals surface area contributed by atoms with Gasteiger partial charge in [-0.2, -0.15) is 42.1 Å². The van der Waals surface area contributed by atoms with Gasteiger partial charge in [0.2, 0.25) is 0 Å². The van der Waals surface area contributed by atoms with Gasteiger partial charge in [0.25, 0.3) is 0 Å². The SMILES string of the molecule is CN(C)c1ccc(C(=C(C#N)C#N)C(=C(C#N)C#N)c2ccc(-c3ccc(C(=C(C#N)C#N)C(=C(C#N)C#N)c4ccc(N(C)C)cc4)s3)s2)cc1. The van der Waals surface area contributed by atoms with Crippen LogP contribution in [0.15, 0.2) is 95.1 Å². The first-order valence-corrected chi connectivity index (χ1v) is 16.7. The van der Waals surface area contributed by atoms with Crippen molar-refractivity contribution in [1.82, 2.24) is 0 Å². The molecule has 0 aliphatic rings. The van der Waals surface area contributed by atoms with Crippen LogP contribution in [0.1, 0.15) is 20.9 Å². The van der Waals surface area contributed by atoms with Crippen molar-refractivity contribution in [3.8, 4) is 58.3 Å². The molecule has 0 fully saturated rings. The van der Waals surface area contributed by atoms with Crippen LogP contribution in [0.3, 0.4) is 0 Å². The van der Waals surface area contributed by atoms with Crippen LogP contribution in [0, 0.1) is 90.6 Å². The Kier molecular flexibility index (Phi) is 11.9. The molecule has 0 saturated heterocycles. The molecule has 52 heavy (non-hydrogen) atoms. The van der Waals surface area contributed by atoms with E-state index in [4.69, 9.17) is 0 Å². The van der Waals surface area contributed by atoms with Crippen LogP contribution < -0.4 is 9.80 Å². The zero-order valence-electron chi connectivity index (χ0n) is 28.2. The Labute approximate surface area is 309 Å². The lowest BCUT2D eigenvalue weighted by Crippen LogP contribution is -2.08. The summed E-state index contributed by atoms with van der Waals surface area (Å²) in [4.78, 5) is 6.01. The minimum absolute atomic E-state index is 0.129. The first-order valence-electron chi connectivity index (χ1n) is 15.1. The molecule has 12 heteroatoms. The molecule has 0 bridgehead atoms. The van der Waals surface area contributed by atoms with E-state index in [1.807, 2.05) is 86.5 Å². The summed E-state index contributed by atoms with van der Waals surface area (Å²) < 4.78 is 0. The van der Waals surface area contributed by atoms with E-state index in [0.29, 0.717) is 30.6 Å². The van der Waals surface area contributed by atoms with Crippen LogP contribution in [0.4, 0.5) is 11.4 Å². The Hall–Kier alpha value is -7.68. The average Bonchev–Trinajstić information content (AvgIpc) is 3.85. The predicted octanol–water partition coefficient (Wildman–Crippen LogP) is 8.21. The molecule has 0 amide bonds. The van der Waals surface area contributed by atoms with Crippen molar-refractivity contribution in [1.29, 1.82) is 42.1 Å². The van der Waals surface area contributed by atoms with Crippen molar-refractivity contribution in [2.24, 2.45) is 0 Å². The normalized spacial score (nSPS) is 9.38. The highest BCUT2D eigenvalue weighted by atomic mass is 32.1. The van der Waals surface area contributed by atoms with Crippen LogP contribution in [-0.4, -0.2) is 28.2 Å². The zero-order chi connectivity index (χ0) is 37.9. The van der Waals surface area contributed by atoms with Gasteiger partial charge in [-0.1, -0.05) is 24.3 Å². The van der Waals surface area contributed by atoms with E-state index >= 15 is 0 Å². The Morgan fingerprint density at radius 2 is 0.654 bits per heavy atom. The van der Waals surface area contributed by atoms with Gasteiger partial charge < -0.3 is 9.80 Å². The molecule has 0 unspecified atom stereocenters. The molecule has 0 spiro atoms. The monoisotopic (exact) mass is 708 g/mol. The van der Waals surface area contributed by atoms with E-state index in [0.717, 1.165) is 11.4 Å². The Morgan fingerprint density at radius 1 is 0.385 bits per heavy atom. The van der Waals surface area contributed by atoms with Gasteiger partial charge in [-0.3, -0.25) is 0 Å². The number of hydrogen-bond acceptors (Lipinski definition) is 12. The van der Waals surface area contributed by atoms with E-state index in [1.54, 1.807) is 72.8 Å². The summed E-state index contributed by atoms with van der Waals surface area (Å²) in [6.07, 6.45) is 0. The van der Waals surface area contributed by atoms with Gasteiger partial charge in [0, 0.05) is 81.4 Å². The number of nitriles is 8. The number of nitrogens with zero attached hydrogens (tertiary/aromatic N) is 10. The van der Waals surface area contributed by atoms with Gasteiger partial charge >= 0.3 is 0 Å². The molecule has 0 saturated carbocycles. The summed E-state index contributed by atoms with van der Waals surface area (Å²) >= 11 is 2.43. The van der Waals surface area contributed by atoms with Gasteiger partial charge in [0.15, 0.2) is 0 Å². The van der Waals surface area contributed by atoms with E-state index < -0.39 is 0 Å². The van der Waals surface area contributed by atoms with E-state index in [2.05, 4.69) is 0 Å². The molecule has 0 radical (unpaired) electrons. The first-order chi connectivity index (χ1) is 25.1. The Bertz CT molecular complexity index is 2290. The maximum atomic E-state index is 10.0. The molecule has 0 aliphatic heterocycles. The van der Waals surface area contributed by atoms with Gasteiger partial charge in [0.1, 0.15) is 70.8 Å². The van der Waals surface area contributed by atoms with Crippen LogP contribution in [0.25, 0.3) is 32.0 Å². The summed E-state index contributed by atoms with van der Waals surface area (Å²) in [6, 6.07) is 36.4. The lowest BCUT2D eigenvalue weighted by molar-refractivity contribution is 1.13. The number of benzene rings is 2. The summed E-state index contributed by atoms with van der Waals surface area (Å²) in [6.45, 7) is 0. The van der Waals surface area contributed by atoms with Crippen molar-refractivity contribution in [2.45, 2.75) is 0 Å². The van der Waals surface area contributed by atoms with Crippen LogP contribution in [-0.2, 0) is 0 Å². The lowest BCUT2D eigenvalue weighted by atomic mass is 9.89. The largest absolute Gasteiger partial charge is 0.378 e. The van der Waals surface area contributed by atoms with Crippen molar-refractivity contribution in [3.63, 3.8) is 0 Å². The van der Waals surface area contributed by atoms with E-state index in [9.17, 15) is 42.1 Å². The van der Waals surface area contributed by atoms with Crippen molar-refractivity contribution >= 4 is 56.3 Å². The molecule has 2 aromatic heterocycles. The van der Waals surface area contributed by atoms with Crippen LogP contribution in [0.2, 0.25) is 0 Å². The Balaban J connectivity index is 1.93. The highest BCUT2D eigenvalue weighted by Crippen LogP contribution is 2.46. The third-order valence-electron chi connectivity index (χ3n) is 7.69. The Morgan fingerprint density at radius 3 is 0.904 bits per heavy atom. The summed E-state index contributed by atoms with van der Waals surface area (Å²) in [5.74, 6) is 0. The minimum atomic E-state index is -0.288. The second-order valence-electron chi connectivity index (χ2n) is 11.1. The molecule has 0 atom stereocenters. The fourth-order valence-corrected chi connectivity index (χ4v) is 7.40. The average molecular weight is 709 g/mol. The highest BCUT2D eigenvalue weighted by Gasteiger charge is 2.25. The summed E-state index contributed by atoms with van der Waals surface area (Å²) in [5, 5.41) is 80.0. The second-order valence-corrected chi connectivity index (χ2v) is 13.3. The van der Waals surface area contributed by atoms with Gasteiger partial charge in [-0.15, -0.1) is 22.7 Å². The van der Waals surface area contributed by atoms with E-state index in [-0.39, 0.29) is 44.6 Å². The molecule has 0 N–H and O–H groups in total. The quantitative estimate of drug-likeness (QED) is 0.121. The highest BCUT2D eigenvalue weighted by molar-refractivity contribution is 7.23. The molecular weight excluding hydrogens is 685 g/mol. The van der Waals surface area contributed by atoms with Crippen molar-refractivity contribution in [3.05, 3.63) is 116 Å². The number of anilines is 2. The minimum Gasteiger partial charge on any atom is -0.378 e. The molecule has 246 valence electrons. The molecule has 0 aliphatic carbocycles. The third kappa shape index (κ3) is 7.47. The zero-order valence-corrected chi connectivity index (χ0v) is 29.8. The molecular formula is C40H24N10S2. The number of hydrogen-bond donors (Lipinski definition) is 0. The van der Waals surface area contributed by atoms with Gasteiger partial charge in [-0.25, -0.2) is 0 Å². The standard InChI is InChI=1S/C40H24N10S2/c1-49(2)31-9-5-25(6-10-31)37(27(17-41)18-42)39(29(21-45)22-46)35-15-13-33(51-35)34-14-16-36(52-34)40(30(23-47)24-48)38(28(19-43)20-44)26-7-11-32(12-8-26)50(3)4/h5-16H,1-4H3. The van der Waals surface area contributed by atoms with E-state index in [1.165, 1.54) is 22.7 Å². The fourth-order valence-electron chi connectivity index (χ4n) is 5.18. The smallest absolute Gasteiger partial charge is 0.138 e. The molecule has 2 heterocycles. The summed E-state index contributed by atoms with van der Waals surface area (Å²) in [5.41, 5.74) is 2.07. The third-order valence-corrected chi connectivity index (χ3v) is 10.1. The molecule has 2 aromatic carbocycles. The first kappa shape index (κ1) is 37.1. The molecule has 4 aromatic rings. The van der Waals surface area contributed by atoms with Gasteiger partial charge in [0.05, 0.1) is 0 Å². The van der Waals surface area contributed by atoms with Crippen LogP contribution in [0.5, 0.6) is 0 Å². The van der Waals surface area contributed by atoms with Gasteiger partial charge in [-0.05, 0) is 59.7 Å². The number of thiophene rings is 2. The number of rotatable bonds is 9. The van der Waals surface area contributed by atoms with Crippen molar-refractivity contribution < 1.29 is 0 Å². The maximum Gasteiger partial charge on any atom is 0.138 e. The summed E-state index contributed by atoms with van der Waals surface area (Å²) in [7, 11) is 7.47. The lowest BCUT2D eigenvalue weighted by Gasteiger charge is -2.16. The van der Waals surface area contributed by atoms with Crippen LogP contribution >= 0.6 is 22.7 Å². The van der Waals surface area contributed by atoms with Crippen molar-refractivity contribution in [2.75, 3.05) is 38.0 Å². The fraction of sp³-hybridized carbons (Fsp3) is 0.100. The topological polar surface area (TPSA) is 197 Å².